The van der Waals surface area contributed by atoms with Crippen LogP contribution in [0.2, 0.25) is 0 Å². The maximum absolute atomic E-state index is 13.4. The predicted molar refractivity (Wildman–Crippen MR) is 113 cm³/mol. The summed E-state index contributed by atoms with van der Waals surface area (Å²) in [7, 11) is -3.87. The summed E-state index contributed by atoms with van der Waals surface area (Å²) in [4.78, 5) is 19.7. The molecule has 0 radical (unpaired) electrons. The quantitative estimate of drug-likeness (QED) is 0.838. The van der Waals surface area contributed by atoms with E-state index >= 15 is 0 Å². The van der Waals surface area contributed by atoms with Gasteiger partial charge in [0.2, 0.25) is 5.96 Å². The highest BCUT2D eigenvalue weighted by molar-refractivity contribution is 7.90. The standard InChI is InChI=1S/C22H25N3O3S/c1-16-8-10-19(11-9-16)29(27,28)24-21-23-22(14-12-17(2)13-15-22)20(26)25(21)18-6-4-3-5-7-18/h3-11,17H,12-15H2,1-2H3,(H,23,24). The number of rotatable bonds is 3. The average molecular weight is 412 g/mol. The van der Waals surface area contributed by atoms with E-state index in [4.69, 9.17) is 0 Å². The molecule has 2 aliphatic rings. The first kappa shape index (κ1) is 19.6. The zero-order chi connectivity index (χ0) is 20.6. The molecule has 1 saturated carbocycles. The molecule has 0 aromatic heterocycles. The number of amides is 1. The van der Waals surface area contributed by atoms with Crippen molar-refractivity contribution >= 4 is 27.6 Å². The Morgan fingerprint density at radius 2 is 1.66 bits per heavy atom. The molecule has 2 aromatic carbocycles. The monoisotopic (exact) mass is 411 g/mol. The Bertz CT molecular complexity index is 1040. The second-order valence-corrected chi connectivity index (χ2v) is 9.73. The molecule has 0 bridgehead atoms. The van der Waals surface area contributed by atoms with Crippen LogP contribution in [0.1, 0.15) is 38.2 Å². The molecule has 1 heterocycles. The molecule has 29 heavy (non-hydrogen) atoms. The third kappa shape index (κ3) is 3.67. The van der Waals surface area contributed by atoms with Crippen molar-refractivity contribution in [1.82, 2.24) is 4.72 Å². The summed E-state index contributed by atoms with van der Waals surface area (Å²) in [6.07, 6.45) is 3.06. The van der Waals surface area contributed by atoms with Gasteiger partial charge in [0.1, 0.15) is 5.54 Å². The predicted octanol–water partition coefficient (Wildman–Crippen LogP) is 3.63. The molecule has 1 N–H and O–H groups in total. The number of aliphatic imine (C=N–C) groups is 1. The Kier molecular flexibility index (Phi) is 4.94. The number of nitrogens with one attached hydrogen (secondary N) is 1. The van der Waals surface area contributed by atoms with Gasteiger partial charge in [0.05, 0.1) is 10.6 Å². The summed E-state index contributed by atoms with van der Waals surface area (Å²) < 4.78 is 28.5. The van der Waals surface area contributed by atoms with E-state index in [9.17, 15) is 13.2 Å². The lowest BCUT2D eigenvalue weighted by molar-refractivity contribution is -0.123. The van der Waals surface area contributed by atoms with Gasteiger partial charge in [-0.3, -0.25) is 4.79 Å². The topological polar surface area (TPSA) is 78.8 Å². The number of hydrogen-bond donors (Lipinski definition) is 1. The Balaban J connectivity index is 1.73. The van der Waals surface area contributed by atoms with Crippen LogP contribution < -0.4 is 9.62 Å². The highest BCUT2D eigenvalue weighted by Gasteiger charge is 2.50. The minimum Gasteiger partial charge on any atom is -0.271 e. The molecule has 1 aliphatic carbocycles. The Hall–Kier alpha value is -2.67. The fraction of sp³-hybridized carbons (Fsp3) is 0.364. The normalized spacial score (nSPS) is 24.6. The lowest BCUT2D eigenvalue weighted by atomic mass is 9.77. The lowest BCUT2D eigenvalue weighted by Crippen LogP contribution is -2.48. The molecule has 0 unspecified atom stereocenters. The molecule has 0 atom stereocenters. The summed E-state index contributed by atoms with van der Waals surface area (Å²) in [5.74, 6) is 0.468. The van der Waals surface area contributed by atoms with E-state index in [1.54, 1.807) is 36.4 Å². The minimum atomic E-state index is -3.87. The molecule has 1 spiro atoms. The fourth-order valence-corrected chi connectivity index (χ4v) is 4.94. The van der Waals surface area contributed by atoms with Gasteiger partial charge >= 0.3 is 0 Å². The minimum absolute atomic E-state index is 0.0799. The van der Waals surface area contributed by atoms with E-state index in [1.807, 2.05) is 25.1 Å². The van der Waals surface area contributed by atoms with Crippen molar-refractivity contribution in [3.05, 3.63) is 60.2 Å². The van der Waals surface area contributed by atoms with Crippen molar-refractivity contribution in [2.24, 2.45) is 10.9 Å². The first-order chi connectivity index (χ1) is 13.8. The molecule has 152 valence electrons. The number of benzene rings is 2. The number of anilines is 1. The van der Waals surface area contributed by atoms with E-state index < -0.39 is 15.6 Å². The number of nitrogens with zero attached hydrogens (tertiary/aromatic N) is 2. The average Bonchev–Trinajstić information content (AvgIpc) is 2.96. The van der Waals surface area contributed by atoms with Crippen LogP contribution >= 0.6 is 0 Å². The van der Waals surface area contributed by atoms with Gasteiger partial charge < -0.3 is 0 Å². The fourth-order valence-electron chi connectivity index (χ4n) is 3.95. The maximum atomic E-state index is 13.4. The summed E-state index contributed by atoms with van der Waals surface area (Å²) in [6.45, 7) is 4.07. The number of hydrogen-bond acceptors (Lipinski definition) is 4. The molecular formula is C22H25N3O3S. The van der Waals surface area contributed by atoms with Gasteiger partial charge in [-0.2, -0.15) is 0 Å². The van der Waals surface area contributed by atoms with E-state index in [0.717, 1.165) is 18.4 Å². The number of carbonyl (C=O) groups is 1. The lowest BCUT2D eigenvalue weighted by Gasteiger charge is -2.32. The largest absolute Gasteiger partial charge is 0.271 e. The number of guanidine groups is 1. The van der Waals surface area contributed by atoms with Crippen LogP contribution in [0, 0.1) is 12.8 Å². The van der Waals surface area contributed by atoms with Crippen molar-refractivity contribution in [1.29, 1.82) is 0 Å². The van der Waals surface area contributed by atoms with Crippen molar-refractivity contribution in [2.45, 2.75) is 50.0 Å². The highest BCUT2D eigenvalue weighted by Crippen LogP contribution is 2.40. The van der Waals surface area contributed by atoms with Gasteiger partial charge in [0.15, 0.2) is 0 Å². The Morgan fingerprint density at radius 3 is 2.28 bits per heavy atom. The van der Waals surface area contributed by atoms with Crippen LogP contribution in [0.15, 0.2) is 64.5 Å². The molecule has 2 aromatic rings. The van der Waals surface area contributed by atoms with Crippen LogP contribution in [-0.2, 0) is 14.8 Å². The molecule has 1 amide bonds. The zero-order valence-corrected chi connectivity index (χ0v) is 17.4. The number of sulfonamides is 1. The van der Waals surface area contributed by atoms with Crippen LogP contribution in [0.25, 0.3) is 0 Å². The summed E-state index contributed by atoms with van der Waals surface area (Å²) >= 11 is 0. The number of para-hydroxylation sites is 1. The number of aryl methyl sites for hydroxylation is 1. The van der Waals surface area contributed by atoms with Crippen LogP contribution in [-0.4, -0.2) is 25.8 Å². The molecule has 4 rings (SSSR count). The summed E-state index contributed by atoms with van der Waals surface area (Å²) in [5, 5.41) is 0. The van der Waals surface area contributed by atoms with Gasteiger partial charge in [-0.25, -0.2) is 23.0 Å². The summed E-state index contributed by atoms with van der Waals surface area (Å²) in [6, 6.07) is 15.7. The van der Waals surface area contributed by atoms with Crippen LogP contribution in [0.4, 0.5) is 5.69 Å². The first-order valence-electron chi connectivity index (χ1n) is 9.90. The third-order valence-electron chi connectivity index (χ3n) is 5.81. The van der Waals surface area contributed by atoms with Crippen LogP contribution in [0.3, 0.4) is 0 Å². The van der Waals surface area contributed by atoms with E-state index in [0.29, 0.717) is 24.4 Å². The maximum Gasteiger partial charge on any atom is 0.264 e. The smallest absolute Gasteiger partial charge is 0.264 e. The molecular weight excluding hydrogens is 386 g/mol. The van der Waals surface area contributed by atoms with Crippen molar-refractivity contribution in [3.63, 3.8) is 0 Å². The van der Waals surface area contributed by atoms with Gasteiger partial charge in [0, 0.05) is 0 Å². The van der Waals surface area contributed by atoms with Gasteiger partial charge in [-0.15, -0.1) is 0 Å². The summed E-state index contributed by atoms with van der Waals surface area (Å²) in [5.41, 5.74) is 0.699. The highest BCUT2D eigenvalue weighted by atomic mass is 32.2. The molecule has 0 saturated heterocycles. The Labute approximate surface area is 171 Å². The van der Waals surface area contributed by atoms with Crippen molar-refractivity contribution < 1.29 is 13.2 Å². The molecule has 1 fully saturated rings. The Morgan fingerprint density at radius 1 is 1.03 bits per heavy atom. The van der Waals surface area contributed by atoms with E-state index in [2.05, 4.69) is 16.6 Å². The second kappa shape index (κ2) is 7.30. The zero-order valence-electron chi connectivity index (χ0n) is 16.6. The molecule has 7 heteroatoms. The van der Waals surface area contributed by atoms with Gasteiger partial charge in [0.25, 0.3) is 15.9 Å². The van der Waals surface area contributed by atoms with E-state index in [1.165, 1.54) is 4.90 Å². The molecule has 6 nitrogen and oxygen atoms in total. The molecule has 1 aliphatic heterocycles. The first-order valence-corrected chi connectivity index (χ1v) is 11.4. The second-order valence-electron chi connectivity index (χ2n) is 8.04. The van der Waals surface area contributed by atoms with Crippen molar-refractivity contribution in [2.75, 3.05) is 4.90 Å². The third-order valence-corrected chi connectivity index (χ3v) is 7.15. The number of carbonyl (C=O) groups excluding carboxylic acids is 1. The van der Waals surface area contributed by atoms with Gasteiger partial charge in [-0.1, -0.05) is 42.8 Å². The van der Waals surface area contributed by atoms with Crippen molar-refractivity contribution in [3.8, 4) is 0 Å². The SMILES string of the molecule is Cc1ccc(S(=O)(=O)NC2=NC3(CCC(C)CC3)C(=O)N2c2ccccc2)cc1. The van der Waals surface area contributed by atoms with Crippen LogP contribution in [0.5, 0.6) is 0 Å². The van der Waals surface area contributed by atoms with Gasteiger partial charge in [-0.05, 0) is 62.8 Å². The van der Waals surface area contributed by atoms with E-state index in [-0.39, 0.29) is 16.8 Å².